The number of ether oxygens (including phenoxy) is 2. The summed E-state index contributed by atoms with van der Waals surface area (Å²) in [7, 11) is 1.66. The molecule has 3 fully saturated rings. The first-order chi connectivity index (χ1) is 12.8. The highest BCUT2D eigenvalue weighted by Gasteiger charge is 2.68. The van der Waals surface area contributed by atoms with Gasteiger partial charge in [-0.2, -0.15) is 0 Å². The molecule has 0 bridgehead atoms. The van der Waals surface area contributed by atoms with Crippen LogP contribution in [0.5, 0.6) is 5.75 Å². The van der Waals surface area contributed by atoms with Gasteiger partial charge in [-0.05, 0) is 61.6 Å². The number of Topliss-reactive ketones (excluding diaryl/α,β-unsaturated/α-hetero) is 1. The van der Waals surface area contributed by atoms with E-state index in [-0.39, 0.29) is 28.6 Å². The van der Waals surface area contributed by atoms with Gasteiger partial charge >= 0.3 is 0 Å². The van der Waals surface area contributed by atoms with E-state index in [1.54, 1.807) is 7.11 Å². The van der Waals surface area contributed by atoms with Crippen molar-refractivity contribution in [3.05, 3.63) is 29.8 Å². The number of hydrogen-bond acceptors (Lipinski definition) is 4. The summed E-state index contributed by atoms with van der Waals surface area (Å²) in [5, 5.41) is 11.9. The number of ketones is 1. The highest BCUT2D eigenvalue weighted by Crippen LogP contribution is 2.65. The average Bonchev–Trinajstić information content (AvgIpc) is 2.98. The number of carbonyl (C=O) groups excluding carboxylic acids is 1. The van der Waals surface area contributed by atoms with Crippen LogP contribution in [0.1, 0.15) is 64.4 Å². The molecule has 0 aliphatic heterocycles. The zero-order valence-electron chi connectivity index (χ0n) is 16.8. The fraction of sp³-hybridized carbons (Fsp3) is 0.696. The molecule has 0 aromatic heterocycles. The third kappa shape index (κ3) is 2.84. The summed E-state index contributed by atoms with van der Waals surface area (Å²) in [6.07, 6.45) is 6.05. The van der Waals surface area contributed by atoms with E-state index in [1.807, 2.05) is 24.3 Å². The minimum absolute atomic E-state index is 0.0173. The fourth-order valence-corrected chi connectivity index (χ4v) is 6.22. The number of carbonyl (C=O) groups is 1. The molecule has 5 atom stereocenters. The van der Waals surface area contributed by atoms with Crippen molar-refractivity contribution in [2.45, 2.75) is 77.1 Å². The second-order valence-corrected chi connectivity index (χ2v) is 9.44. The molecule has 0 heterocycles. The Kier molecular flexibility index (Phi) is 4.63. The van der Waals surface area contributed by atoms with Crippen LogP contribution in [0, 0.1) is 16.7 Å². The van der Waals surface area contributed by atoms with Gasteiger partial charge in [0, 0.05) is 11.8 Å². The van der Waals surface area contributed by atoms with E-state index in [0.717, 1.165) is 49.8 Å². The molecule has 0 amide bonds. The molecular formula is C23H32O4. The number of hydrogen-bond donors (Lipinski definition) is 1. The Morgan fingerprint density at radius 1 is 1.11 bits per heavy atom. The number of fused-ring (bicyclic) bond motifs is 3. The fourth-order valence-electron chi connectivity index (χ4n) is 6.22. The van der Waals surface area contributed by atoms with Crippen LogP contribution < -0.4 is 4.74 Å². The van der Waals surface area contributed by atoms with Gasteiger partial charge in [-0.25, -0.2) is 0 Å². The molecule has 27 heavy (non-hydrogen) atoms. The van der Waals surface area contributed by atoms with Crippen molar-refractivity contribution < 1.29 is 19.4 Å². The van der Waals surface area contributed by atoms with Crippen LogP contribution >= 0.6 is 0 Å². The predicted octanol–water partition coefficient (Wildman–Crippen LogP) is 4.28. The molecule has 3 saturated carbocycles. The number of methoxy groups -OCH3 is 1. The minimum Gasteiger partial charge on any atom is -0.497 e. The Bertz CT molecular complexity index is 714. The van der Waals surface area contributed by atoms with E-state index in [2.05, 4.69) is 13.8 Å². The average molecular weight is 373 g/mol. The Balaban J connectivity index is 1.55. The molecule has 1 N–H and O–H groups in total. The summed E-state index contributed by atoms with van der Waals surface area (Å²) >= 11 is 0. The van der Waals surface area contributed by atoms with Gasteiger partial charge in [-0.15, -0.1) is 0 Å². The van der Waals surface area contributed by atoms with Crippen molar-refractivity contribution in [3.63, 3.8) is 0 Å². The van der Waals surface area contributed by atoms with E-state index in [0.29, 0.717) is 13.0 Å². The van der Waals surface area contributed by atoms with Crippen molar-refractivity contribution in [2.75, 3.05) is 7.11 Å². The molecule has 3 aliphatic carbocycles. The van der Waals surface area contributed by atoms with Crippen molar-refractivity contribution in [1.29, 1.82) is 0 Å². The summed E-state index contributed by atoms with van der Waals surface area (Å²) in [6.45, 7) is 4.90. The van der Waals surface area contributed by atoms with E-state index < -0.39 is 5.60 Å². The second-order valence-electron chi connectivity index (χ2n) is 9.44. The van der Waals surface area contributed by atoms with Crippen molar-refractivity contribution in [1.82, 2.24) is 0 Å². The molecule has 148 valence electrons. The van der Waals surface area contributed by atoms with Crippen molar-refractivity contribution >= 4 is 5.78 Å². The molecule has 4 heteroatoms. The second kappa shape index (κ2) is 6.59. The van der Waals surface area contributed by atoms with Crippen LogP contribution in [0.25, 0.3) is 0 Å². The van der Waals surface area contributed by atoms with E-state index in [1.165, 1.54) is 0 Å². The maximum absolute atomic E-state index is 12.7. The quantitative estimate of drug-likeness (QED) is 0.857. The molecule has 4 rings (SSSR count). The van der Waals surface area contributed by atoms with Gasteiger partial charge in [-0.3, -0.25) is 4.79 Å². The summed E-state index contributed by atoms with van der Waals surface area (Å²) in [5.41, 5.74) is -0.229. The lowest BCUT2D eigenvalue weighted by atomic mass is 9.47. The third-order valence-corrected chi connectivity index (χ3v) is 7.99. The van der Waals surface area contributed by atoms with Gasteiger partial charge in [-0.1, -0.05) is 26.0 Å². The van der Waals surface area contributed by atoms with Gasteiger partial charge in [0.1, 0.15) is 11.5 Å². The van der Waals surface area contributed by atoms with Gasteiger partial charge in [0.05, 0.1) is 31.3 Å². The first-order valence-electron chi connectivity index (χ1n) is 10.3. The number of rotatable bonds is 4. The van der Waals surface area contributed by atoms with Gasteiger partial charge < -0.3 is 14.6 Å². The van der Waals surface area contributed by atoms with E-state index in [4.69, 9.17) is 9.47 Å². The maximum Gasteiger partial charge on any atom is 0.139 e. The predicted molar refractivity (Wildman–Crippen MR) is 104 cm³/mol. The summed E-state index contributed by atoms with van der Waals surface area (Å²) < 4.78 is 11.6. The highest BCUT2D eigenvalue weighted by atomic mass is 16.5. The Morgan fingerprint density at radius 3 is 2.56 bits per heavy atom. The first kappa shape index (κ1) is 18.9. The maximum atomic E-state index is 12.7. The Labute approximate surface area is 162 Å². The number of benzene rings is 1. The van der Waals surface area contributed by atoms with Gasteiger partial charge in [0.2, 0.25) is 0 Å². The molecule has 0 unspecified atom stereocenters. The standard InChI is InChI=1S/C23H32O4/c1-21-12-10-18(24)20(21)23(25)11-4-5-19(22(23,2)14-13-21)27-15-16-6-8-17(26-3)9-7-16/h6-9,19-20,25H,4-5,10-15H2,1-3H3/t19-,20+,21+,22-,23+/m0/s1. The first-order valence-corrected chi connectivity index (χ1v) is 10.3. The smallest absolute Gasteiger partial charge is 0.139 e. The summed E-state index contributed by atoms with van der Waals surface area (Å²) in [4.78, 5) is 12.7. The summed E-state index contributed by atoms with van der Waals surface area (Å²) in [6, 6.07) is 7.94. The SMILES string of the molecule is COc1ccc(CO[C@H]2CCC[C@@]3(O)[C@@H]4C(=O)CC[C@]4(C)CC[C@@]23C)cc1. The minimum atomic E-state index is -0.934. The summed E-state index contributed by atoms with van der Waals surface area (Å²) in [5.74, 6) is 0.877. The van der Waals surface area contributed by atoms with Gasteiger partial charge in [0.15, 0.2) is 0 Å². The lowest BCUT2D eigenvalue weighted by Crippen LogP contribution is -2.66. The van der Waals surface area contributed by atoms with Crippen LogP contribution in [0.2, 0.25) is 0 Å². The molecule has 1 aromatic carbocycles. The zero-order chi connectivity index (χ0) is 19.3. The van der Waals surface area contributed by atoms with Crippen LogP contribution in [0.15, 0.2) is 24.3 Å². The van der Waals surface area contributed by atoms with Crippen LogP contribution in [0.3, 0.4) is 0 Å². The van der Waals surface area contributed by atoms with E-state index in [9.17, 15) is 9.90 Å². The molecule has 1 aromatic rings. The molecule has 0 radical (unpaired) electrons. The van der Waals surface area contributed by atoms with Crippen LogP contribution in [0.4, 0.5) is 0 Å². The van der Waals surface area contributed by atoms with Crippen LogP contribution in [-0.2, 0) is 16.1 Å². The number of aliphatic hydroxyl groups is 1. The molecule has 0 saturated heterocycles. The lowest BCUT2D eigenvalue weighted by molar-refractivity contribution is -0.243. The largest absolute Gasteiger partial charge is 0.497 e. The highest BCUT2D eigenvalue weighted by molar-refractivity contribution is 5.86. The monoisotopic (exact) mass is 372 g/mol. The van der Waals surface area contributed by atoms with Crippen molar-refractivity contribution in [3.8, 4) is 5.75 Å². The van der Waals surface area contributed by atoms with Crippen molar-refractivity contribution in [2.24, 2.45) is 16.7 Å². The molecular weight excluding hydrogens is 340 g/mol. The lowest BCUT2D eigenvalue weighted by Gasteiger charge is -2.61. The third-order valence-electron chi connectivity index (χ3n) is 7.99. The van der Waals surface area contributed by atoms with E-state index >= 15 is 0 Å². The normalized spacial score (nSPS) is 41.1. The topological polar surface area (TPSA) is 55.8 Å². The Morgan fingerprint density at radius 2 is 1.85 bits per heavy atom. The molecule has 0 spiro atoms. The Hall–Kier alpha value is -1.39. The molecule has 3 aliphatic rings. The molecule has 4 nitrogen and oxygen atoms in total. The van der Waals surface area contributed by atoms with Crippen LogP contribution in [-0.4, -0.2) is 29.7 Å². The van der Waals surface area contributed by atoms with Gasteiger partial charge in [0.25, 0.3) is 0 Å². The zero-order valence-corrected chi connectivity index (χ0v) is 16.8.